The zero-order valence-electron chi connectivity index (χ0n) is 15.4. The van der Waals surface area contributed by atoms with Gasteiger partial charge in [0, 0.05) is 18.0 Å². The summed E-state index contributed by atoms with van der Waals surface area (Å²) < 4.78 is 40.5. The summed E-state index contributed by atoms with van der Waals surface area (Å²) in [7, 11) is -1.09. The van der Waals surface area contributed by atoms with Gasteiger partial charge in [0.25, 0.3) is 10.0 Å². The van der Waals surface area contributed by atoms with Gasteiger partial charge in [-0.05, 0) is 44.2 Å². The fourth-order valence-electron chi connectivity index (χ4n) is 2.68. The third-order valence-corrected chi connectivity index (χ3v) is 5.29. The Morgan fingerprint density at radius 3 is 2.48 bits per heavy atom. The van der Waals surface area contributed by atoms with Crippen LogP contribution in [0.4, 0.5) is 5.69 Å². The topological polar surface area (TPSA) is 95.3 Å². The van der Waals surface area contributed by atoms with Crippen molar-refractivity contribution in [2.24, 2.45) is 0 Å². The van der Waals surface area contributed by atoms with Crippen LogP contribution < -0.4 is 14.2 Å². The number of aryl methyl sites for hydroxylation is 2. The Labute approximate surface area is 157 Å². The first-order chi connectivity index (χ1) is 12.9. The molecule has 2 aromatic heterocycles. The molecule has 3 aromatic rings. The Morgan fingerprint density at radius 1 is 1.07 bits per heavy atom. The molecule has 3 rings (SSSR count). The van der Waals surface area contributed by atoms with Crippen molar-refractivity contribution in [2.75, 3.05) is 18.9 Å². The maximum atomic E-state index is 13.0. The molecule has 0 aliphatic carbocycles. The Morgan fingerprint density at radius 2 is 1.85 bits per heavy atom. The van der Waals surface area contributed by atoms with Crippen molar-refractivity contribution < 1.29 is 17.9 Å². The minimum absolute atomic E-state index is 0.0347. The second-order valence-electron chi connectivity index (χ2n) is 5.84. The van der Waals surface area contributed by atoms with Crippen LogP contribution in [0, 0.1) is 13.8 Å². The third kappa shape index (κ3) is 3.72. The Hall–Kier alpha value is -3.07. The van der Waals surface area contributed by atoms with Gasteiger partial charge >= 0.3 is 0 Å². The van der Waals surface area contributed by atoms with Crippen molar-refractivity contribution in [3.8, 4) is 17.3 Å². The van der Waals surface area contributed by atoms with E-state index in [9.17, 15) is 8.42 Å². The maximum absolute atomic E-state index is 13.0. The highest BCUT2D eigenvalue weighted by atomic mass is 32.2. The van der Waals surface area contributed by atoms with Crippen molar-refractivity contribution in [3.05, 3.63) is 54.0 Å². The Balaban J connectivity index is 2.07. The zero-order chi connectivity index (χ0) is 19.6. The molecule has 0 aliphatic heterocycles. The highest BCUT2D eigenvalue weighted by Gasteiger charge is 2.23. The molecule has 0 saturated heterocycles. The SMILES string of the molecule is COc1ccc(OC)c(S(=O)(=O)Nc2cccnc2-n2nc(C)cc2C)c1. The molecule has 0 aliphatic rings. The van der Waals surface area contributed by atoms with Crippen LogP contribution in [0.15, 0.2) is 47.5 Å². The van der Waals surface area contributed by atoms with E-state index in [0.29, 0.717) is 17.3 Å². The predicted octanol–water partition coefficient (Wildman–Crippen LogP) is 2.70. The van der Waals surface area contributed by atoms with Crippen molar-refractivity contribution in [3.63, 3.8) is 0 Å². The lowest BCUT2D eigenvalue weighted by atomic mass is 10.3. The average Bonchev–Trinajstić information content (AvgIpc) is 2.99. The summed E-state index contributed by atoms with van der Waals surface area (Å²) in [5.74, 6) is 0.995. The summed E-state index contributed by atoms with van der Waals surface area (Å²) in [5.41, 5.74) is 1.95. The smallest absolute Gasteiger partial charge is 0.265 e. The Bertz CT molecular complexity index is 1080. The summed E-state index contributed by atoms with van der Waals surface area (Å²) in [4.78, 5) is 4.26. The number of rotatable bonds is 6. The summed E-state index contributed by atoms with van der Waals surface area (Å²) in [6.45, 7) is 3.73. The van der Waals surface area contributed by atoms with Crippen LogP contribution in [0.3, 0.4) is 0 Å². The molecule has 1 aromatic carbocycles. The number of benzene rings is 1. The van der Waals surface area contributed by atoms with Gasteiger partial charge in [-0.15, -0.1) is 0 Å². The van der Waals surface area contributed by atoms with Crippen LogP contribution in [-0.4, -0.2) is 37.4 Å². The van der Waals surface area contributed by atoms with E-state index >= 15 is 0 Å². The molecule has 2 heterocycles. The van der Waals surface area contributed by atoms with Gasteiger partial charge in [0.15, 0.2) is 5.82 Å². The van der Waals surface area contributed by atoms with Gasteiger partial charge in [0.05, 0.1) is 25.6 Å². The highest BCUT2D eigenvalue weighted by Crippen LogP contribution is 2.30. The third-order valence-electron chi connectivity index (χ3n) is 3.90. The molecule has 8 nitrogen and oxygen atoms in total. The van der Waals surface area contributed by atoms with E-state index in [4.69, 9.17) is 9.47 Å². The fourth-order valence-corrected chi connectivity index (χ4v) is 3.93. The van der Waals surface area contributed by atoms with Gasteiger partial charge in [-0.3, -0.25) is 4.72 Å². The quantitative estimate of drug-likeness (QED) is 0.698. The predicted molar refractivity (Wildman–Crippen MR) is 101 cm³/mol. The second-order valence-corrected chi connectivity index (χ2v) is 7.49. The number of hydrogen-bond acceptors (Lipinski definition) is 6. The summed E-state index contributed by atoms with van der Waals surface area (Å²) in [5, 5.41) is 4.38. The molecule has 0 radical (unpaired) electrons. The van der Waals surface area contributed by atoms with Crippen LogP contribution in [0.5, 0.6) is 11.5 Å². The molecule has 0 amide bonds. The molecular formula is C18H20N4O4S. The lowest BCUT2D eigenvalue weighted by molar-refractivity contribution is 0.392. The summed E-state index contributed by atoms with van der Waals surface area (Å²) in [6.07, 6.45) is 1.58. The van der Waals surface area contributed by atoms with E-state index in [1.807, 2.05) is 19.9 Å². The summed E-state index contributed by atoms with van der Waals surface area (Å²) in [6, 6.07) is 9.74. The molecule has 9 heteroatoms. The molecule has 0 spiro atoms. The van der Waals surface area contributed by atoms with Gasteiger partial charge < -0.3 is 9.47 Å². The lowest BCUT2D eigenvalue weighted by Gasteiger charge is -2.15. The standard InChI is InChI=1S/C18H20N4O4S/c1-12-10-13(2)22(20-12)18-15(6-5-9-19-18)21-27(23,24)17-11-14(25-3)7-8-16(17)26-4/h5-11,21H,1-4H3. The van der Waals surface area contributed by atoms with E-state index in [1.165, 1.54) is 20.3 Å². The van der Waals surface area contributed by atoms with E-state index in [0.717, 1.165) is 11.4 Å². The number of nitrogens with zero attached hydrogens (tertiary/aromatic N) is 3. The molecule has 0 fully saturated rings. The van der Waals surface area contributed by atoms with Crippen LogP contribution >= 0.6 is 0 Å². The molecule has 0 saturated carbocycles. The average molecular weight is 388 g/mol. The van der Waals surface area contributed by atoms with Crippen LogP contribution in [-0.2, 0) is 10.0 Å². The fraction of sp³-hybridized carbons (Fsp3) is 0.222. The Kier molecular flexibility index (Phi) is 5.04. The van der Waals surface area contributed by atoms with Gasteiger partial charge in [-0.25, -0.2) is 18.1 Å². The van der Waals surface area contributed by atoms with Crippen LogP contribution in [0.25, 0.3) is 5.82 Å². The summed E-state index contributed by atoms with van der Waals surface area (Å²) >= 11 is 0. The van der Waals surface area contributed by atoms with Crippen molar-refractivity contribution in [2.45, 2.75) is 18.7 Å². The minimum atomic E-state index is -3.96. The molecule has 27 heavy (non-hydrogen) atoms. The van der Waals surface area contributed by atoms with Gasteiger partial charge in [-0.1, -0.05) is 0 Å². The van der Waals surface area contributed by atoms with E-state index < -0.39 is 10.0 Å². The van der Waals surface area contributed by atoms with Crippen molar-refractivity contribution in [1.29, 1.82) is 0 Å². The lowest BCUT2D eigenvalue weighted by Crippen LogP contribution is -2.17. The molecule has 0 bridgehead atoms. The second kappa shape index (κ2) is 7.28. The molecular weight excluding hydrogens is 368 g/mol. The number of sulfonamides is 1. The van der Waals surface area contributed by atoms with E-state index in [-0.39, 0.29) is 10.6 Å². The number of pyridine rings is 1. The number of anilines is 1. The normalized spacial score (nSPS) is 11.3. The number of aromatic nitrogens is 3. The largest absolute Gasteiger partial charge is 0.497 e. The molecule has 0 atom stereocenters. The number of nitrogens with one attached hydrogen (secondary N) is 1. The number of hydrogen-bond donors (Lipinski definition) is 1. The first-order valence-electron chi connectivity index (χ1n) is 8.09. The van der Waals surface area contributed by atoms with E-state index in [1.54, 1.807) is 35.1 Å². The molecule has 1 N–H and O–H groups in total. The zero-order valence-corrected chi connectivity index (χ0v) is 16.2. The highest BCUT2D eigenvalue weighted by molar-refractivity contribution is 7.92. The van der Waals surface area contributed by atoms with Crippen molar-refractivity contribution in [1.82, 2.24) is 14.8 Å². The monoisotopic (exact) mass is 388 g/mol. The van der Waals surface area contributed by atoms with Gasteiger partial charge in [0.2, 0.25) is 0 Å². The first-order valence-corrected chi connectivity index (χ1v) is 9.57. The molecule has 142 valence electrons. The van der Waals surface area contributed by atoms with Crippen LogP contribution in [0.1, 0.15) is 11.4 Å². The van der Waals surface area contributed by atoms with Crippen molar-refractivity contribution >= 4 is 15.7 Å². The van der Waals surface area contributed by atoms with Crippen LogP contribution in [0.2, 0.25) is 0 Å². The first kappa shape index (κ1) is 18.7. The van der Waals surface area contributed by atoms with E-state index in [2.05, 4.69) is 14.8 Å². The van der Waals surface area contributed by atoms with Gasteiger partial charge in [0.1, 0.15) is 16.4 Å². The number of ether oxygens (including phenoxy) is 2. The molecule has 0 unspecified atom stereocenters. The van der Waals surface area contributed by atoms with Gasteiger partial charge in [-0.2, -0.15) is 5.10 Å². The maximum Gasteiger partial charge on any atom is 0.265 e. The number of methoxy groups -OCH3 is 2. The minimum Gasteiger partial charge on any atom is -0.497 e.